The molecule has 3 rings (SSSR count). The van der Waals surface area contributed by atoms with Gasteiger partial charge in [0, 0.05) is 25.4 Å². The molecule has 1 N–H and O–H groups in total. The van der Waals surface area contributed by atoms with Gasteiger partial charge in [-0.25, -0.2) is 4.98 Å². The molecule has 0 atom stereocenters. The van der Waals surface area contributed by atoms with Crippen LogP contribution in [-0.2, 0) is 4.74 Å². The highest BCUT2D eigenvalue weighted by molar-refractivity contribution is 5.93. The number of ether oxygens (including phenoxy) is 3. The number of hydrogen-bond donors (Lipinski definition) is 1. The number of rotatable bonds is 11. The van der Waals surface area contributed by atoms with Crippen molar-refractivity contribution in [3.63, 3.8) is 0 Å². The van der Waals surface area contributed by atoms with Gasteiger partial charge in [-0.05, 0) is 48.2 Å². The van der Waals surface area contributed by atoms with E-state index >= 15 is 0 Å². The Morgan fingerprint density at radius 3 is 2.61 bits per heavy atom. The van der Waals surface area contributed by atoms with Gasteiger partial charge in [0.25, 0.3) is 5.91 Å². The molecule has 0 saturated carbocycles. The lowest BCUT2D eigenvalue weighted by molar-refractivity contribution is 0.0934. The Morgan fingerprint density at radius 1 is 1.03 bits per heavy atom. The molecular formula is C24H29N3O4. The number of imidazole rings is 1. The van der Waals surface area contributed by atoms with Gasteiger partial charge in [0.05, 0.1) is 26.7 Å². The maximum Gasteiger partial charge on any atom is 0.269 e. The fourth-order valence-corrected chi connectivity index (χ4v) is 3.23. The van der Waals surface area contributed by atoms with Gasteiger partial charge in [-0.1, -0.05) is 25.1 Å². The molecule has 0 aliphatic rings. The molecule has 0 saturated heterocycles. The van der Waals surface area contributed by atoms with Crippen molar-refractivity contribution in [2.45, 2.75) is 19.8 Å². The summed E-state index contributed by atoms with van der Waals surface area (Å²) < 4.78 is 18.0. The topological polar surface area (TPSA) is 74.6 Å². The summed E-state index contributed by atoms with van der Waals surface area (Å²) in [6.45, 7) is 4.01. The Hall–Kier alpha value is -3.32. The van der Waals surface area contributed by atoms with Gasteiger partial charge in [-0.15, -0.1) is 0 Å². The molecule has 0 unspecified atom stereocenters. The van der Waals surface area contributed by atoms with Crippen LogP contribution in [0.3, 0.4) is 0 Å². The molecule has 3 aromatic rings. The third-order valence-electron chi connectivity index (χ3n) is 4.81. The van der Waals surface area contributed by atoms with Gasteiger partial charge < -0.3 is 19.5 Å². The minimum atomic E-state index is -0.162. The van der Waals surface area contributed by atoms with Crippen LogP contribution >= 0.6 is 0 Å². The van der Waals surface area contributed by atoms with Gasteiger partial charge in [-0.3, -0.25) is 9.36 Å². The molecular weight excluding hydrogens is 394 g/mol. The fourth-order valence-electron chi connectivity index (χ4n) is 3.23. The fraction of sp³-hybridized carbons (Fsp3) is 0.333. The Kier molecular flexibility index (Phi) is 8.06. The average Bonchev–Trinajstić information content (AvgIpc) is 3.31. The lowest BCUT2D eigenvalue weighted by Gasteiger charge is -2.12. The van der Waals surface area contributed by atoms with Crippen LogP contribution < -0.4 is 14.8 Å². The standard InChI is InChI=1S/C24H29N3O4/c1-4-12-31-13-6-11-26-24(28)21-16-25-17-27(21)20-8-5-7-18(14-20)19-9-10-22(29-2)23(15-19)30-3/h5,7-10,14-17H,4,6,11-13H2,1-3H3,(H,26,28). The minimum Gasteiger partial charge on any atom is -0.493 e. The van der Waals surface area contributed by atoms with Crippen LogP contribution in [0.15, 0.2) is 55.0 Å². The van der Waals surface area contributed by atoms with E-state index in [1.807, 2.05) is 42.5 Å². The molecule has 0 aliphatic carbocycles. The van der Waals surface area contributed by atoms with Crippen LogP contribution in [0.25, 0.3) is 16.8 Å². The molecule has 2 aromatic carbocycles. The zero-order valence-electron chi connectivity index (χ0n) is 18.3. The first-order valence-electron chi connectivity index (χ1n) is 10.4. The van der Waals surface area contributed by atoms with E-state index in [1.165, 1.54) is 0 Å². The second kappa shape index (κ2) is 11.2. The van der Waals surface area contributed by atoms with Crippen LogP contribution in [0.1, 0.15) is 30.3 Å². The third-order valence-corrected chi connectivity index (χ3v) is 4.81. The van der Waals surface area contributed by atoms with Crippen molar-refractivity contribution < 1.29 is 19.0 Å². The van der Waals surface area contributed by atoms with Crippen LogP contribution in [0.4, 0.5) is 0 Å². The highest BCUT2D eigenvalue weighted by atomic mass is 16.5. The lowest BCUT2D eigenvalue weighted by Crippen LogP contribution is -2.27. The largest absolute Gasteiger partial charge is 0.493 e. The minimum absolute atomic E-state index is 0.162. The molecule has 0 spiro atoms. The molecule has 0 bridgehead atoms. The number of hydrogen-bond acceptors (Lipinski definition) is 5. The molecule has 0 fully saturated rings. The Balaban J connectivity index is 1.75. The van der Waals surface area contributed by atoms with E-state index in [1.54, 1.807) is 31.3 Å². The zero-order chi connectivity index (χ0) is 22.1. The molecule has 0 radical (unpaired) electrons. The highest BCUT2D eigenvalue weighted by Crippen LogP contribution is 2.33. The second-order valence-electron chi connectivity index (χ2n) is 6.99. The molecule has 7 nitrogen and oxygen atoms in total. The number of amides is 1. The predicted octanol–water partition coefficient (Wildman–Crippen LogP) is 4.10. The van der Waals surface area contributed by atoms with Crippen molar-refractivity contribution in [2.75, 3.05) is 34.0 Å². The SMILES string of the molecule is CCCOCCCNC(=O)c1cncn1-c1cccc(-c2ccc(OC)c(OC)c2)c1. The summed E-state index contributed by atoms with van der Waals surface area (Å²) in [5.41, 5.74) is 3.31. The van der Waals surface area contributed by atoms with Crippen LogP contribution in [0.2, 0.25) is 0 Å². The maximum absolute atomic E-state index is 12.7. The monoisotopic (exact) mass is 423 g/mol. The first-order valence-corrected chi connectivity index (χ1v) is 10.4. The molecule has 7 heteroatoms. The van der Waals surface area contributed by atoms with Crippen LogP contribution in [0, 0.1) is 0 Å². The number of nitrogens with one attached hydrogen (secondary N) is 1. The second-order valence-corrected chi connectivity index (χ2v) is 6.99. The van der Waals surface area contributed by atoms with Gasteiger partial charge in [0.2, 0.25) is 0 Å². The zero-order valence-corrected chi connectivity index (χ0v) is 18.3. The summed E-state index contributed by atoms with van der Waals surface area (Å²) in [5, 5.41) is 2.94. The molecule has 0 aliphatic heterocycles. The Bertz CT molecular complexity index is 1000. The number of carbonyl (C=O) groups excluding carboxylic acids is 1. The number of carbonyl (C=O) groups is 1. The third kappa shape index (κ3) is 5.64. The summed E-state index contributed by atoms with van der Waals surface area (Å²) in [7, 11) is 3.23. The van der Waals surface area contributed by atoms with Crippen molar-refractivity contribution >= 4 is 5.91 Å². The summed E-state index contributed by atoms with van der Waals surface area (Å²) in [6.07, 6.45) is 4.99. The Labute approximate surface area is 183 Å². The number of aromatic nitrogens is 2. The van der Waals surface area contributed by atoms with Gasteiger partial charge in [0.15, 0.2) is 11.5 Å². The summed E-state index contributed by atoms with van der Waals surface area (Å²) in [5.74, 6) is 1.18. The van der Waals surface area contributed by atoms with Crippen molar-refractivity contribution in [2.24, 2.45) is 0 Å². The van der Waals surface area contributed by atoms with Gasteiger partial charge in [0.1, 0.15) is 5.69 Å². The van der Waals surface area contributed by atoms with Gasteiger partial charge in [-0.2, -0.15) is 0 Å². The number of benzene rings is 2. The number of nitrogens with zero attached hydrogens (tertiary/aromatic N) is 2. The summed E-state index contributed by atoms with van der Waals surface area (Å²) >= 11 is 0. The average molecular weight is 424 g/mol. The van der Waals surface area contributed by atoms with E-state index in [9.17, 15) is 4.79 Å². The Morgan fingerprint density at radius 2 is 1.84 bits per heavy atom. The number of methoxy groups -OCH3 is 2. The highest BCUT2D eigenvalue weighted by Gasteiger charge is 2.14. The molecule has 1 aromatic heterocycles. The lowest BCUT2D eigenvalue weighted by atomic mass is 10.0. The van der Waals surface area contributed by atoms with E-state index < -0.39 is 0 Å². The van der Waals surface area contributed by atoms with Gasteiger partial charge >= 0.3 is 0 Å². The molecule has 31 heavy (non-hydrogen) atoms. The smallest absolute Gasteiger partial charge is 0.269 e. The van der Waals surface area contributed by atoms with E-state index in [2.05, 4.69) is 17.2 Å². The first kappa shape index (κ1) is 22.4. The molecule has 164 valence electrons. The predicted molar refractivity (Wildman–Crippen MR) is 120 cm³/mol. The van der Waals surface area contributed by atoms with E-state index in [-0.39, 0.29) is 5.91 Å². The molecule has 1 amide bonds. The van der Waals surface area contributed by atoms with Crippen molar-refractivity contribution in [1.82, 2.24) is 14.9 Å². The first-order chi connectivity index (χ1) is 15.2. The quantitative estimate of drug-likeness (QED) is 0.470. The van der Waals surface area contributed by atoms with Crippen molar-refractivity contribution in [3.05, 3.63) is 60.7 Å². The normalized spacial score (nSPS) is 10.7. The van der Waals surface area contributed by atoms with Crippen molar-refractivity contribution in [3.8, 4) is 28.3 Å². The maximum atomic E-state index is 12.7. The van der Waals surface area contributed by atoms with E-state index in [0.29, 0.717) is 30.3 Å². The van der Waals surface area contributed by atoms with Crippen LogP contribution in [-0.4, -0.2) is 49.4 Å². The molecule has 1 heterocycles. The van der Waals surface area contributed by atoms with E-state index in [4.69, 9.17) is 14.2 Å². The van der Waals surface area contributed by atoms with E-state index in [0.717, 1.165) is 36.3 Å². The van der Waals surface area contributed by atoms with Crippen LogP contribution in [0.5, 0.6) is 11.5 Å². The van der Waals surface area contributed by atoms with Crippen molar-refractivity contribution in [1.29, 1.82) is 0 Å². The summed E-state index contributed by atoms with van der Waals surface area (Å²) in [4.78, 5) is 16.8. The summed E-state index contributed by atoms with van der Waals surface area (Å²) in [6, 6.07) is 13.7.